The second-order valence-electron chi connectivity index (χ2n) is 4.61. The van der Waals surface area contributed by atoms with Crippen LogP contribution in [0.3, 0.4) is 0 Å². The Morgan fingerprint density at radius 2 is 1.68 bits per heavy atom. The summed E-state index contributed by atoms with van der Waals surface area (Å²) in [4.78, 5) is 19.9. The Kier molecular flexibility index (Phi) is 4.78. The average molecular weight is 254 g/mol. The number of rotatable bonds is 6. The monoisotopic (exact) mass is 254 g/mol. The van der Waals surface area contributed by atoms with Crippen molar-refractivity contribution in [3.8, 4) is 0 Å². The smallest absolute Gasteiger partial charge is 0.196 e. The van der Waals surface area contributed by atoms with Gasteiger partial charge in [0.05, 0.1) is 5.56 Å². The first kappa shape index (κ1) is 13.4. The van der Waals surface area contributed by atoms with Gasteiger partial charge < -0.3 is 0 Å². The molecule has 0 radical (unpaired) electrons. The van der Waals surface area contributed by atoms with E-state index in [1.54, 1.807) is 12.4 Å². The van der Waals surface area contributed by atoms with Crippen LogP contribution in [0.2, 0.25) is 0 Å². The number of hydrogen-bond acceptors (Lipinski definition) is 3. The molecule has 98 valence electrons. The van der Waals surface area contributed by atoms with E-state index in [-0.39, 0.29) is 5.78 Å². The third kappa shape index (κ3) is 3.71. The van der Waals surface area contributed by atoms with Gasteiger partial charge in [-0.15, -0.1) is 0 Å². The number of aromatic nitrogens is 2. The number of benzene rings is 1. The zero-order chi connectivity index (χ0) is 13.5. The van der Waals surface area contributed by atoms with Crippen LogP contribution in [0.5, 0.6) is 0 Å². The van der Waals surface area contributed by atoms with Gasteiger partial charge in [0.2, 0.25) is 0 Å². The summed E-state index contributed by atoms with van der Waals surface area (Å²) in [5.74, 6) is -0.0271. The van der Waals surface area contributed by atoms with Crippen LogP contribution in [0, 0.1) is 0 Å². The van der Waals surface area contributed by atoms with Gasteiger partial charge in [0.15, 0.2) is 5.78 Å². The summed E-state index contributed by atoms with van der Waals surface area (Å²) < 4.78 is 0. The van der Waals surface area contributed by atoms with Gasteiger partial charge in [-0.25, -0.2) is 9.97 Å². The molecule has 0 atom stereocenters. The lowest BCUT2D eigenvalue weighted by Gasteiger charge is -2.03. The number of ketones is 1. The molecule has 0 aliphatic heterocycles. The molecule has 0 aliphatic rings. The molecule has 0 fully saturated rings. The third-order valence-electron chi connectivity index (χ3n) is 3.11. The standard InChI is InChI=1S/C16H18N2O/c1-2-3-4-5-13-6-8-14(9-7-13)16(19)15-10-17-12-18-11-15/h6-12H,2-5H2,1H3. The van der Waals surface area contributed by atoms with Crippen LogP contribution in [-0.4, -0.2) is 15.8 Å². The number of carbonyl (C=O) groups excluding carboxylic acids is 1. The van der Waals surface area contributed by atoms with Gasteiger partial charge in [-0.3, -0.25) is 4.79 Å². The Balaban J connectivity index is 2.04. The van der Waals surface area contributed by atoms with Crippen LogP contribution in [0.4, 0.5) is 0 Å². The fourth-order valence-electron chi connectivity index (χ4n) is 1.98. The fraction of sp³-hybridized carbons (Fsp3) is 0.312. The summed E-state index contributed by atoms with van der Waals surface area (Å²) in [6, 6.07) is 7.84. The molecule has 0 N–H and O–H groups in total. The highest BCUT2D eigenvalue weighted by atomic mass is 16.1. The number of carbonyl (C=O) groups is 1. The Morgan fingerprint density at radius 1 is 1.00 bits per heavy atom. The van der Waals surface area contributed by atoms with Crippen molar-refractivity contribution in [2.75, 3.05) is 0 Å². The van der Waals surface area contributed by atoms with Crippen LogP contribution in [0.25, 0.3) is 0 Å². The molecule has 0 amide bonds. The predicted octanol–water partition coefficient (Wildman–Crippen LogP) is 3.44. The highest BCUT2D eigenvalue weighted by Gasteiger charge is 2.08. The van der Waals surface area contributed by atoms with Crippen LogP contribution in [-0.2, 0) is 6.42 Å². The van der Waals surface area contributed by atoms with Crippen LogP contribution >= 0.6 is 0 Å². The number of nitrogens with zero attached hydrogens (tertiary/aromatic N) is 2. The zero-order valence-electron chi connectivity index (χ0n) is 11.2. The second-order valence-corrected chi connectivity index (χ2v) is 4.61. The van der Waals surface area contributed by atoms with Crippen LogP contribution in [0.15, 0.2) is 43.0 Å². The van der Waals surface area contributed by atoms with E-state index in [9.17, 15) is 4.79 Å². The first-order chi connectivity index (χ1) is 9.31. The molecule has 0 saturated carbocycles. The molecule has 0 saturated heterocycles. The largest absolute Gasteiger partial charge is 0.288 e. The second kappa shape index (κ2) is 6.78. The highest BCUT2D eigenvalue weighted by Crippen LogP contribution is 2.12. The van der Waals surface area contributed by atoms with Crippen LogP contribution in [0.1, 0.15) is 47.7 Å². The maximum atomic E-state index is 12.1. The van der Waals surface area contributed by atoms with E-state index < -0.39 is 0 Å². The molecule has 1 aromatic carbocycles. The molecule has 2 rings (SSSR count). The van der Waals surface area contributed by atoms with Crippen molar-refractivity contribution in [1.29, 1.82) is 0 Å². The molecule has 3 nitrogen and oxygen atoms in total. The highest BCUT2D eigenvalue weighted by molar-refractivity contribution is 6.08. The summed E-state index contributed by atoms with van der Waals surface area (Å²) in [5.41, 5.74) is 2.50. The lowest BCUT2D eigenvalue weighted by atomic mass is 10.0. The van der Waals surface area contributed by atoms with E-state index in [1.165, 1.54) is 31.2 Å². The van der Waals surface area contributed by atoms with Crippen molar-refractivity contribution in [3.05, 3.63) is 59.7 Å². The summed E-state index contributed by atoms with van der Waals surface area (Å²) in [6.07, 6.45) is 9.28. The topological polar surface area (TPSA) is 42.9 Å². The van der Waals surface area contributed by atoms with Gasteiger partial charge in [-0.05, 0) is 18.4 Å². The average Bonchev–Trinajstić information content (AvgIpc) is 2.48. The maximum absolute atomic E-state index is 12.1. The van der Waals surface area contributed by atoms with Gasteiger partial charge >= 0.3 is 0 Å². The molecule has 19 heavy (non-hydrogen) atoms. The first-order valence-electron chi connectivity index (χ1n) is 6.70. The van der Waals surface area contributed by atoms with Crippen molar-refractivity contribution in [2.24, 2.45) is 0 Å². The quantitative estimate of drug-likeness (QED) is 0.586. The molecule has 0 spiro atoms. The van der Waals surface area contributed by atoms with E-state index in [4.69, 9.17) is 0 Å². The van der Waals surface area contributed by atoms with Gasteiger partial charge in [0.1, 0.15) is 6.33 Å². The van der Waals surface area contributed by atoms with E-state index >= 15 is 0 Å². The summed E-state index contributed by atoms with van der Waals surface area (Å²) in [6.45, 7) is 2.20. The van der Waals surface area contributed by atoms with E-state index in [0.29, 0.717) is 11.1 Å². The Bertz CT molecular complexity index is 520. The van der Waals surface area contributed by atoms with Crippen molar-refractivity contribution in [1.82, 2.24) is 9.97 Å². The Labute approximate surface area is 113 Å². The minimum absolute atomic E-state index is 0.0271. The Morgan fingerprint density at radius 3 is 2.32 bits per heavy atom. The van der Waals surface area contributed by atoms with Gasteiger partial charge in [-0.1, -0.05) is 44.0 Å². The fourth-order valence-corrected chi connectivity index (χ4v) is 1.98. The summed E-state index contributed by atoms with van der Waals surface area (Å²) >= 11 is 0. The molecule has 0 unspecified atom stereocenters. The van der Waals surface area contributed by atoms with Crippen LogP contribution < -0.4 is 0 Å². The molecular formula is C16H18N2O. The van der Waals surface area contributed by atoms with E-state index in [2.05, 4.69) is 16.9 Å². The van der Waals surface area contributed by atoms with Crippen molar-refractivity contribution >= 4 is 5.78 Å². The number of hydrogen-bond donors (Lipinski definition) is 0. The number of aryl methyl sites for hydroxylation is 1. The first-order valence-corrected chi connectivity index (χ1v) is 6.70. The van der Waals surface area contributed by atoms with Gasteiger partial charge in [-0.2, -0.15) is 0 Å². The number of unbranched alkanes of at least 4 members (excludes halogenated alkanes) is 2. The predicted molar refractivity (Wildman–Crippen MR) is 75.1 cm³/mol. The minimum atomic E-state index is -0.0271. The third-order valence-corrected chi connectivity index (χ3v) is 3.11. The summed E-state index contributed by atoms with van der Waals surface area (Å²) in [7, 11) is 0. The zero-order valence-corrected chi connectivity index (χ0v) is 11.2. The van der Waals surface area contributed by atoms with Crippen molar-refractivity contribution in [3.63, 3.8) is 0 Å². The molecule has 1 aromatic heterocycles. The molecular weight excluding hydrogens is 236 g/mol. The maximum Gasteiger partial charge on any atom is 0.196 e. The molecule has 1 heterocycles. The normalized spacial score (nSPS) is 10.4. The van der Waals surface area contributed by atoms with Gasteiger partial charge in [0.25, 0.3) is 0 Å². The summed E-state index contributed by atoms with van der Waals surface area (Å²) in [5, 5.41) is 0. The van der Waals surface area contributed by atoms with E-state index in [1.807, 2.05) is 24.3 Å². The SMILES string of the molecule is CCCCCc1ccc(C(=O)c2cncnc2)cc1. The van der Waals surface area contributed by atoms with Crippen molar-refractivity contribution in [2.45, 2.75) is 32.6 Å². The minimum Gasteiger partial charge on any atom is -0.288 e. The van der Waals surface area contributed by atoms with Crippen molar-refractivity contribution < 1.29 is 4.79 Å². The molecule has 0 aliphatic carbocycles. The Hall–Kier alpha value is -2.03. The molecule has 0 bridgehead atoms. The molecule has 3 heteroatoms. The van der Waals surface area contributed by atoms with E-state index in [0.717, 1.165) is 6.42 Å². The van der Waals surface area contributed by atoms with Gasteiger partial charge in [0, 0.05) is 18.0 Å². The molecule has 2 aromatic rings. The lowest BCUT2D eigenvalue weighted by molar-refractivity contribution is 0.103. The lowest BCUT2D eigenvalue weighted by Crippen LogP contribution is -2.02.